The molecule has 0 unspecified atom stereocenters. The van der Waals surface area contributed by atoms with Crippen LogP contribution < -0.4 is 15.4 Å². The molecule has 0 saturated carbocycles. The van der Waals surface area contributed by atoms with E-state index in [1.165, 1.54) is 0 Å². The molecule has 0 aliphatic heterocycles. The zero-order valence-electron chi connectivity index (χ0n) is 11.2. The molecule has 2 aromatic rings. The molecule has 21 heavy (non-hydrogen) atoms. The average Bonchev–Trinajstić information content (AvgIpc) is 2.49. The Morgan fingerprint density at radius 3 is 2.67 bits per heavy atom. The predicted octanol–water partition coefficient (Wildman–Crippen LogP) is 3.72. The van der Waals surface area contributed by atoms with Gasteiger partial charge in [0.15, 0.2) is 0 Å². The number of amides is 2. The van der Waals surface area contributed by atoms with E-state index in [-0.39, 0.29) is 6.03 Å². The summed E-state index contributed by atoms with van der Waals surface area (Å²) < 4.78 is 4.96. The number of ether oxygens (including phenoxy) is 1. The highest BCUT2D eigenvalue weighted by Gasteiger charge is 2.04. The number of hydrogen-bond donors (Lipinski definition) is 2. The maximum absolute atomic E-state index is 11.8. The molecule has 110 valence electrons. The van der Waals surface area contributed by atoms with E-state index in [1.54, 1.807) is 37.6 Å². The molecule has 0 saturated heterocycles. The zero-order valence-corrected chi connectivity index (χ0v) is 12.7. The topological polar surface area (TPSA) is 63.2 Å². The van der Waals surface area contributed by atoms with Crippen LogP contribution in [0.4, 0.5) is 10.5 Å². The highest BCUT2D eigenvalue weighted by atomic mass is 35.5. The van der Waals surface area contributed by atoms with Gasteiger partial charge in [-0.2, -0.15) is 0 Å². The number of carbonyl (C=O) groups excluding carboxylic acids is 1. The van der Waals surface area contributed by atoms with Crippen LogP contribution in [0.15, 0.2) is 36.5 Å². The average molecular weight is 326 g/mol. The molecular formula is C14H13Cl2N3O2. The Hall–Kier alpha value is -1.98. The van der Waals surface area contributed by atoms with E-state index in [1.807, 2.05) is 6.07 Å². The molecule has 0 aliphatic rings. The second kappa shape index (κ2) is 7.15. The maximum Gasteiger partial charge on any atom is 0.319 e. The molecule has 2 N–H and O–H groups in total. The van der Waals surface area contributed by atoms with Crippen molar-refractivity contribution in [1.82, 2.24) is 10.3 Å². The molecule has 0 bridgehead atoms. The number of halogens is 2. The number of benzene rings is 1. The van der Waals surface area contributed by atoms with Crippen molar-refractivity contribution in [3.63, 3.8) is 0 Å². The Labute approximate surface area is 132 Å². The van der Waals surface area contributed by atoms with Crippen LogP contribution in [0, 0.1) is 0 Å². The number of pyridine rings is 1. The first-order valence-electron chi connectivity index (χ1n) is 6.07. The van der Waals surface area contributed by atoms with Gasteiger partial charge in [0.2, 0.25) is 5.88 Å². The molecule has 5 nitrogen and oxygen atoms in total. The molecular weight excluding hydrogens is 313 g/mol. The van der Waals surface area contributed by atoms with Gasteiger partial charge in [0, 0.05) is 24.5 Å². The number of rotatable bonds is 4. The van der Waals surface area contributed by atoms with Crippen LogP contribution in [-0.2, 0) is 6.54 Å². The smallest absolute Gasteiger partial charge is 0.319 e. The molecule has 2 rings (SSSR count). The lowest BCUT2D eigenvalue weighted by atomic mass is 10.3. The van der Waals surface area contributed by atoms with Gasteiger partial charge < -0.3 is 15.4 Å². The molecule has 1 aromatic carbocycles. The third-order valence-electron chi connectivity index (χ3n) is 2.64. The van der Waals surface area contributed by atoms with Crippen molar-refractivity contribution in [2.75, 3.05) is 12.4 Å². The van der Waals surface area contributed by atoms with Crippen LogP contribution in [-0.4, -0.2) is 18.1 Å². The Morgan fingerprint density at radius 2 is 2.05 bits per heavy atom. The predicted molar refractivity (Wildman–Crippen MR) is 83.1 cm³/mol. The lowest BCUT2D eigenvalue weighted by Crippen LogP contribution is -2.28. The monoisotopic (exact) mass is 325 g/mol. The first-order valence-corrected chi connectivity index (χ1v) is 6.83. The minimum Gasteiger partial charge on any atom is -0.481 e. The molecule has 1 heterocycles. The number of aromatic nitrogens is 1. The van der Waals surface area contributed by atoms with Crippen LogP contribution in [0.3, 0.4) is 0 Å². The molecule has 2 amide bonds. The van der Waals surface area contributed by atoms with Crippen molar-refractivity contribution in [2.24, 2.45) is 0 Å². The summed E-state index contributed by atoms with van der Waals surface area (Å²) in [4.78, 5) is 15.8. The van der Waals surface area contributed by atoms with E-state index in [0.717, 1.165) is 5.56 Å². The summed E-state index contributed by atoms with van der Waals surface area (Å²) in [6.45, 7) is 0.351. The molecule has 0 atom stereocenters. The lowest BCUT2D eigenvalue weighted by Gasteiger charge is -2.08. The summed E-state index contributed by atoms with van der Waals surface area (Å²) in [5, 5.41) is 6.20. The maximum atomic E-state index is 11.8. The number of anilines is 1. The zero-order chi connectivity index (χ0) is 15.2. The number of urea groups is 1. The highest BCUT2D eigenvalue weighted by molar-refractivity contribution is 6.42. The van der Waals surface area contributed by atoms with Crippen molar-refractivity contribution < 1.29 is 9.53 Å². The van der Waals surface area contributed by atoms with Crippen LogP contribution >= 0.6 is 23.2 Å². The number of nitrogens with one attached hydrogen (secondary N) is 2. The standard InChI is InChI=1S/C14H13Cl2N3O2/c1-21-13-5-2-9(7-17-13)8-18-14(20)19-10-3-4-11(15)12(16)6-10/h2-7H,8H2,1H3,(H2,18,19,20). The Morgan fingerprint density at radius 1 is 1.24 bits per heavy atom. The molecule has 0 spiro atoms. The summed E-state index contributed by atoms with van der Waals surface area (Å²) in [7, 11) is 1.55. The quantitative estimate of drug-likeness (QED) is 0.900. The third kappa shape index (κ3) is 4.51. The Kier molecular flexibility index (Phi) is 5.25. The summed E-state index contributed by atoms with van der Waals surface area (Å²) in [6, 6.07) is 8.08. The fourth-order valence-electron chi connectivity index (χ4n) is 1.57. The van der Waals surface area contributed by atoms with E-state index in [2.05, 4.69) is 15.6 Å². The molecule has 7 heteroatoms. The van der Waals surface area contributed by atoms with Gasteiger partial charge in [0.25, 0.3) is 0 Å². The van der Waals surface area contributed by atoms with Gasteiger partial charge in [0.1, 0.15) is 0 Å². The minimum atomic E-state index is -0.343. The van der Waals surface area contributed by atoms with Crippen LogP contribution in [0.5, 0.6) is 5.88 Å². The van der Waals surface area contributed by atoms with Crippen molar-refractivity contribution >= 4 is 34.9 Å². The van der Waals surface area contributed by atoms with Gasteiger partial charge in [-0.15, -0.1) is 0 Å². The third-order valence-corrected chi connectivity index (χ3v) is 3.38. The van der Waals surface area contributed by atoms with Gasteiger partial charge in [-0.3, -0.25) is 0 Å². The number of carbonyl (C=O) groups is 1. The van der Waals surface area contributed by atoms with Gasteiger partial charge in [0.05, 0.1) is 17.2 Å². The Balaban J connectivity index is 1.87. The summed E-state index contributed by atoms with van der Waals surface area (Å²) in [5.41, 5.74) is 1.43. The minimum absolute atomic E-state index is 0.343. The van der Waals surface area contributed by atoms with Crippen molar-refractivity contribution in [3.05, 3.63) is 52.1 Å². The van der Waals surface area contributed by atoms with Gasteiger partial charge in [-0.25, -0.2) is 9.78 Å². The molecule has 0 radical (unpaired) electrons. The number of methoxy groups -OCH3 is 1. The first kappa shape index (κ1) is 15.4. The van der Waals surface area contributed by atoms with Gasteiger partial charge in [-0.05, 0) is 23.8 Å². The fourth-order valence-corrected chi connectivity index (χ4v) is 1.87. The summed E-state index contributed by atoms with van der Waals surface area (Å²) in [5.74, 6) is 0.527. The number of hydrogen-bond acceptors (Lipinski definition) is 3. The van der Waals surface area contributed by atoms with E-state index in [9.17, 15) is 4.79 Å². The number of nitrogens with zero attached hydrogens (tertiary/aromatic N) is 1. The first-order chi connectivity index (χ1) is 10.1. The molecule has 0 aliphatic carbocycles. The molecule has 0 fully saturated rings. The lowest BCUT2D eigenvalue weighted by molar-refractivity contribution is 0.251. The van der Waals surface area contributed by atoms with Crippen LogP contribution in [0.1, 0.15) is 5.56 Å². The fraction of sp³-hybridized carbons (Fsp3) is 0.143. The van der Waals surface area contributed by atoms with E-state index in [4.69, 9.17) is 27.9 Å². The summed E-state index contributed by atoms with van der Waals surface area (Å²) in [6.07, 6.45) is 1.64. The molecule has 1 aromatic heterocycles. The SMILES string of the molecule is COc1ccc(CNC(=O)Nc2ccc(Cl)c(Cl)c2)cn1. The Bertz CT molecular complexity index is 633. The van der Waals surface area contributed by atoms with Crippen molar-refractivity contribution in [3.8, 4) is 5.88 Å². The van der Waals surface area contributed by atoms with E-state index in [0.29, 0.717) is 28.2 Å². The van der Waals surface area contributed by atoms with Crippen LogP contribution in [0.2, 0.25) is 10.0 Å². The van der Waals surface area contributed by atoms with Gasteiger partial charge in [-0.1, -0.05) is 29.3 Å². The van der Waals surface area contributed by atoms with Crippen LogP contribution in [0.25, 0.3) is 0 Å². The summed E-state index contributed by atoms with van der Waals surface area (Å²) >= 11 is 11.7. The highest BCUT2D eigenvalue weighted by Crippen LogP contribution is 2.24. The largest absolute Gasteiger partial charge is 0.481 e. The van der Waals surface area contributed by atoms with Crippen molar-refractivity contribution in [1.29, 1.82) is 0 Å². The van der Waals surface area contributed by atoms with E-state index < -0.39 is 0 Å². The normalized spacial score (nSPS) is 10.0. The second-order valence-corrected chi connectivity index (χ2v) is 4.96. The van der Waals surface area contributed by atoms with Crippen molar-refractivity contribution in [2.45, 2.75) is 6.54 Å². The van der Waals surface area contributed by atoms with E-state index >= 15 is 0 Å². The van der Waals surface area contributed by atoms with Gasteiger partial charge >= 0.3 is 6.03 Å². The second-order valence-electron chi connectivity index (χ2n) is 4.15.